The van der Waals surface area contributed by atoms with Crippen molar-refractivity contribution in [1.29, 1.82) is 0 Å². The number of carbonyl (C=O) groups is 4. The number of aromatic amines is 1. The minimum absolute atomic E-state index is 0.0231. The summed E-state index contributed by atoms with van der Waals surface area (Å²) >= 11 is 1.20. The van der Waals surface area contributed by atoms with E-state index in [1.54, 1.807) is 47.6 Å². The molecular formula is C36H51N3O9SSi. The van der Waals surface area contributed by atoms with Gasteiger partial charge in [0.05, 0.1) is 17.1 Å². The largest absolute Gasteiger partial charge is 0.489 e. The minimum atomic E-state index is -1.47. The number of nitrogens with one attached hydrogen (secondary N) is 3. The highest BCUT2D eigenvalue weighted by Gasteiger charge is 2.31. The lowest BCUT2D eigenvalue weighted by molar-refractivity contribution is -0.156. The van der Waals surface area contributed by atoms with Crippen LogP contribution < -0.4 is 15.4 Å². The molecule has 0 aliphatic rings. The van der Waals surface area contributed by atoms with Crippen molar-refractivity contribution >= 4 is 54.9 Å². The number of hydrogen-bond acceptors (Lipinski definition) is 9. The van der Waals surface area contributed by atoms with Gasteiger partial charge in [-0.25, -0.2) is 19.2 Å². The standard InChI is InChI=1S/C36H51N3O9SSi/c1-35(2,3)47-32(42)29(39-34(44)48-36(4,5)6)22-49-30-26(20-28(31(40)41)38-33(43)45-17-18-50(7,8)9)25-16-15-24(19-27(25)37-30)46-21-23-13-11-10-12-14-23/h10-16,19,28-29,37H,17-18,20-22H2,1-9H3,(H,38,43)(H,39,44)(H,40,41)/t28-,29-/m0/s1. The Morgan fingerprint density at radius 2 is 1.52 bits per heavy atom. The monoisotopic (exact) mass is 729 g/mol. The van der Waals surface area contributed by atoms with E-state index in [-0.39, 0.29) is 18.8 Å². The number of aliphatic carboxylic acids is 1. The van der Waals surface area contributed by atoms with Crippen LogP contribution in [0.2, 0.25) is 25.7 Å². The van der Waals surface area contributed by atoms with Crippen molar-refractivity contribution in [2.24, 2.45) is 0 Å². The molecule has 0 aliphatic carbocycles. The molecule has 0 unspecified atom stereocenters. The maximum atomic E-state index is 13.2. The number of amides is 2. The number of hydrogen-bond donors (Lipinski definition) is 4. The van der Waals surface area contributed by atoms with Gasteiger partial charge in [-0.2, -0.15) is 0 Å². The smallest absolute Gasteiger partial charge is 0.408 e. The molecule has 0 spiro atoms. The number of H-pyrrole nitrogens is 1. The first kappa shape index (κ1) is 40.3. The van der Waals surface area contributed by atoms with Crippen LogP contribution in [-0.2, 0) is 36.8 Å². The predicted octanol–water partition coefficient (Wildman–Crippen LogP) is 7.13. The van der Waals surface area contributed by atoms with Gasteiger partial charge in [-0.05, 0) is 70.8 Å². The summed E-state index contributed by atoms with van der Waals surface area (Å²) in [6.45, 7) is 17.3. The third-order valence-corrected chi connectivity index (χ3v) is 9.79. The van der Waals surface area contributed by atoms with Gasteiger partial charge in [0.15, 0.2) is 0 Å². The lowest BCUT2D eigenvalue weighted by atomic mass is 10.0. The molecule has 0 saturated heterocycles. The van der Waals surface area contributed by atoms with Gasteiger partial charge in [-0.3, -0.25) is 0 Å². The number of carboxylic acids is 1. The summed E-state index contributed by atoms with van der Waals surface area (Å²) in [5, 5.41) is 16.5. The van der Waals surface area contributed by atoms with Crippen molar-refractivity contribution in [2.75, 3.05) is 12.4 Å². The average molecular weight is 730 g/mol. The Balaban J connectivity index is 1.93. The summed E-state index contributed by atoms with van der Waals surface area (Å²) in [6, 6.07) is 13.5. The van der Waals surface area contributed by atoms with Crippen LogP contribution in [0.5, 0.6) is 5.75 Å². The summed E-state index contributed by atoms with van der Waals surface area (Å²) in [5.41, 5.74) is 0.629. The van der Waals surface area contributed by atoms with E-state index in [9.17, 15) is 24.3 Å². The highest BCUT2D eigenvalue weighted by molar-refractivity contribution is 7.99. The summed E-state index contributed by atoms with van der Waals surface area (Å²) < 4.78 is 22.3. The number of ether oxygens (including phenoxy) is 4. The molecule has 12 nitrogen and oxygen atoms in total. The van der Waals surface area contributed by atoms with E-state index in [0.717, 1.165) is 11.6 Å². The van der Waals surface area contributed by atoms with Crippen molar-refractivity contribution in [3.8, 4) is 5.75 Å². The molecule has 0 radical (unpaired) electrons. The quantitative estimate of drug-likeness (QED) is 0.0547. The second-order valence-electron chi connectivity index (χ2n) is 15.1. The molecule has 50 heavy (non-hydrogen) atoms. The van der Waals surface area contributed by atoms with Gasteiger partial charge >= 0.3 is 24.1 Å². The zero-order chi connectivity index (χ0) is 37.3. The van der Waals surface area contributed by atoms with Gasteiger partial charge in [0.2, 0.25) is 0 Å². The van der Waals surface area contributed by atoms with Crippen LogP contribution in [0, 0.1) is 0 Å². The highest BCUT2D eigenvalue weighted by Crippen LogP contribution is 2.34. The molecule has 274 valence electrons. The summed E-state index contributed by atoms with van der Waals surface area (Å²) in [4.78, 5) is 54.4. The van der Waals surface area contributed by atoms with Gasteiger partial charge in [0.1, 0.15) is 35.6 Å². The van der Waals surface area contributed by atoms with Crippen LogP contribution in [-0.4, -0.2) is 77.9 Å². The second kappa shape index (κ2) is 17.2. The Hall–Kier alpha value is -4.17. The van der Waals surface area contributed by atoms with E-state index in [1.807, 2.05) is 42.5 Å². The van der Waals surface area contributed by atoms with Crippen molar-refractivity contribution in [3.05, 3.63) is 59.7 Å². The molecule has 0 bridgehead atoms. The van der Waals surface area contributed by atoms with Gasteiger partial charge < -0.3 is 39.7 Å². The van der Waals surface area contributed by atoms with Crippen LogP contribution >= 0.6 is 11.8 Å². The van der Waals surface area contributed by atoms with Gasteiger partial charge in [0.25, 0.3) is 0 Å². The van der Waals surface area contributed by atoms with E-state index in [4.69, 9.17) is 18.9 Å². The van der Waals surface area contributed by atoms with E-state index in [1.165, 1.54) is 11.8 Å². The van der Waals surface area contributed by atoms with Crippen LogP contribution in [0.15, 0.2) is 53.6 Å². The van der Waals surface area contributed by atoms with E-state index < -0.39 is 55.5 Å². The fraction of sp³-hybridized carbons (Fsp3) is 0.500. The number of rotatable bonds is 15. The SMILES string of the molecule is CC(C)(C)OC(=O)N[C@@H](CSc1[nH]c2cc(OCc3ccccc3)ccc2c1C[C@H](NC(=O)OCC[Si](C)(C)C)C(=O)O)C(=O)OC(C)(C)C. The molecule has 2 amide bonds. The first-order chi connectivity index (χ1) is 23.2. The highest BCUT2D eigenvalue weighted by atomic mass is 32.2. The normalized spacial score (nSPS) is 13.2. The van der Waals surface area contributed by atoms with Crippen molar-refractivity contribution < 1.29 is 43.2 Å². The number of fused-ring (bicyclic) bond motifs is 1. The molecule has 0 aliphatic heterocycles. The van der Waals surface area contributed by atoms with Crippen LogP contribution in [0.4, 0.5) is 9.59 Å². The van der Waals surface area contributed by atoms with Gasteiger partial charge in [0, 0.05) is 31.7 Å². The second-order valence-corrected chi connectivity index (χ2v) is 21.8. The molecular weight excluding hydrogens is 679 g/mol. The average Bonchev–Trinajstić information content (AvgIpc) is 3.32. The third kappa shape index (κ3) is 14.0. The van der Waals surface area contributed by atoms with Gasteiger partial charge in [-0.1, -0.05) is 50.0 Å². The zero-order valence-corrected chi connectivity index (χ0v) is 32.2. The number of esters is 1. The van der Waals surface area contributed by atoms with Crippen LogP contribution in [0.25, 0.3) is 10.9 Å². The Morgan fingerprint density at radius 1 is 0.880 bits per heavy atom. The number of thioether (sulfide) groups is 1. The molecule has 3 aromatic rings. The summed E-state index contributed by atoms with van der Waals surface area (Å²) in [7, 11) is -1.47. The maximum absolute atomic E-state index is 13.2. The third-order valence-electron chi connectivity index (χ3n) is 6.95. The predicted molar refractivity (Wildman–Crippen MR) is 197 cm³/mol. The first-order valence-electron chi connectivity index (χ1n) is 16.5. The maximum Gasteiger partial charge on any atom is 0.408 e. The summed E-state index contributed by atoms with van der Waals surface area (Å²) in [5.74, 6) is -1.28. The molecule has 0 fully saturated rings. The fourth-order valence-corrected chi connectivity index (χ4v) is 6.38. The Morgan fingerprint density at radius 3 is 2.12 bits per heavy atom. The van der Waals surface area contributed by atoms with Crippen molar-refractivity contribution in [1.82, 2.24) is 15.6 Å². The zero-order valence-electron chi connectivity index (χ0n) is 30.4. The fourth-order valence-electron chi connectivity index (χ4n) is 4.56. The molecule has 3 rings (SSSR count). The molecule has 2 aromatic carbocycles. The number of alkyl carbamates (subject to hydrolysis) is 2. The summed E-state index contributed by atoms with van der Waals surface area (Å²) in [6.07, 6.45) is -1.69. The number of carboxylic acid groups (broad SMARTS) is 1. The number of aromatic nitrogens is 1. The number of benzene rings is 2. The lowest BCUT2D eigenvalue weighted by Crippen LogP contribution is -2.47. The lowest BCUT2D eigenvalue weighted by Gasteiger charge is -2.26. The van der Waals surface area contributed by atoms with E-state index >= 15 is 0 Å². The molecule has 1 heterocycles. The molecule has 0 saturated carbocycles. The van der Waals surface area contributed by atoms with E-state index in [0.29, 0.717) is 33.8 Å². The topological polar surface area (TPSA) is 165 Å². The molecule has 1 aromatic heterocycles. The Labute approximate surface area is 299 Å². The van der Waals surface area contributed by atoms with Crippen LogP contribution in [0.3, 0.4) is 0 Å². The van der Waals surface area contributed by atoms with Crippen molar-refractivity contribution in [2.45, 2.75) is 109 Å². The van der Waals surface area contributed by atoms with Gasteiger partial charge in [-0.15, -0.1) is 11.8 Å². The minimum Gasteiger partial charge on any atom is -0.489 e. The molecule has 14 heteroatoms. The van der Waals surface area contributed by atoms with E-state index in [2.05, 4.69) is 35.3 Å². The Bertz CT molecular complexity index is 1630. The first-order valence-corrected chi connectivity index (χ1v) is 21.2. The molecule has 2 atom stereocenters. The Kier molecular flexibility index (Phi) is 13.8. The molecule has 4 N–H and O–H groups in total. The van der Waals surface area contributed by atoms with Crippen molar-refractivity contribution in [3.63, 3.8) is 0 Å². The number of carbonyl (C=O) groups excluding carboxylic acids is 3. The van der Waals surface area contributed by atoms with Crippen LogP contribution in [0.1, 0.15) is 52.7 Å².